The van der Waals surface area contributed by atoms with Gasteiger partial charge in [0.05, 0.1) is 0 Å². The average Bonchev–Trinajstić information content (AvgIpc) is 2.19. The number of likely N-dealkylation sites (N-methyl/N-ethyl adjacent to an activating group) is 1. The number of hydrogen-bond donors (Lipinski definition) is 1. The summed E-state index contributed by atoms with van der Waals surface area (Å²) in [6, 6.07) is 4.28. The molecule has 0 bridgehead atoms. The zero-order valence-electron chi connectivity index (χ0n) is 9.29. The van der Waals surface area contributed by atoms with E-state index in [-0.39, 0.29) is 5.56 Å². The highest BCUT2D eigenvalue weighted by atomic mass is 79.9. The first kappa shape index (κ1) is 13.1. The van der Waals surface area contributed by atoms with Gasteiger partial charge in [0.15, 0.2) is 0 Å². The molecule has 0 saturated carbocycles. The second-order valence-electron chi connectivity index (χ2n) is 3.90. The van der Waals surface area contributed by atoms with Crippen LogP contribution in [0.5, 0.6) is 0 Å². The Morgan fingerprint density at radius 1 is 1.50 bits per heavy atom. The standard InChI is InChI=1S/C11H13BrFNO2/c1-11(10(15)16,14(2)3)8-6-7(12)4-5-9(8)13/h4-6H,1-3H3,(H,15,16). The fraction of sp³-hybridized carbons (Fsp3) is 0.364. The number of carbonyl (C=O) groups is 1. The summed E-state index contributed by atoms with van der Waals surface area (Å²) in [7, 11) is 3.21. The maximum Gasteiger partial charge on any atom is 0.328 e. The third-order valence-electron chi connectivity index (χ3n) is 2.76. The minimum atomic E-state index is -1.38. The number of carboxylic acid groups (broad SMARTS) is 1. The van der Waals surface area contributed by atoms with E-state index in [1.807, 2.05) is 0 Å². The fourth-order valence-corrected chi connectivity index (χ4v) is 1.78. The fourth-order valence-electron chi connectivity index (χ4n) is 1.42. The summed E-state index contributed by atoms with van der Waals surface area (Å²) in [5.74, 6) is -1.61. The molecular formula is C11H13BrFNO2. The van der Waals surface area contributed by atoms with Crippen LogP contribution in [0.3, 0.4) is 0 Å². The molecule has 0 heterocycles. The van der Waals surface area contributed by atoms with E-state index < -0.39 is 17.3 Å². The van der Waals surface area contributed by atoms with Crippen LogP contribution in [-0.4, -0.2) is 30.1 Å². The van der Waals surface area contributed by atoms with Crippen LogP contribution >= 0.6 is 15.9 Å². The van der Waals surface area contributed by atoms with Gasteiger partial charge in [-0.15, -0.1) is 0 Å². The first-order valence-electron chi connectivity index (χ1n) is 4.66. The van der Waals surface area contributed by atoms with Gasteiger partial charge in [-0.25, -0.2) is 9.18 Å². The first-order valence-corrected chi connectivity index (χ1v) is 5.45. The zero-order chi connectivity index (χ0) is 12.5. The predicted molar refractivity (Wildman–Crippen MR) is 62.8 cm³/mol. The quantitative estimate of drug-likeness (QED) is 0.929. The lowest BCUT2D eigenvalue weighted by molar-refractivity contribution is -0.149. The summed E-state index contributed by atoms with van der Waals surface area (Å²) in [5.41, 5.74) is -1.24. The van der Waals surface area contributed by atoms with E-state index >= 15 is 0 Å². The van der Waals surface area contributed by atoms with Crippen molar-refractivity contribution < 1.29 is 14.3 Å². The molecule has 0 aliphatic carbocycles. The van der Waals surface area contributed by atoms with Crippen molar-refractivity contribution in [3.05, 3.63) is 34.1 Å². The average molecular weight is 290 g/mol. The topological polar surface area (TPSA) is 40.5 Å². The number of halogens is 2. The molecule has 16 heavy (non-hydrogen) atoms. The Kier molecular flexibility index (Phi) is 3.70. The van der Waals surface area contributed by atoms with E-state index in [2.05, 4.69) is 15.9 Å². The summed E-state index contributed by atoms with van der Waals surface area (Å²) in [5, 5.41) is 9.25. The largest absolute Gasteiger partial charge is 0.480 e. The van der Waals surface area contributed by atoms with E-state index in [9.17, 15) is 14.3 Å². The van der Waals surface area contributed by atoms with Crippen LogP contribution in [0.15, 0.2) is 22.7 Å². The highest BCUT2D eigenvalue weighted by molar-refractivity contribution is 9.10. The normalized spacial score (nSPS) is 14.9. The van der Waals surface area contributed by atoms with E-state index in [4.69, 9.17) is 0 Å². The molecule has 0 saturated heterocycles. The molecule has 0 aliphatic rings. The highest BCUT2D eigenvalue weighted by Gasteiger charge is 2.39. The van der Waals surface area contributed by atoms with E-state index in [1.165, 1.54) is 30.0 Å². The summed E-state index contributed by atoms with van der Waals surface area (Å²) >= 11 is 3.21. The smallest absolute Gasteiger partial charge is 0.328 e. The monoisotopic (exact) mass is 289 g/mol. The van der Waals surface area contributed by atoms with Gasteiger partial charge >= 0.3 is 5.97 Å². The first-order chi connectivity index (χ1) is 7.30. The molecule has 1 rings (SSSR count). The van der Waals surface area contributed by atoms with Crippen LogP contribution in [0.4, 0.5) is 4.39 Å². The third kappa shape index (κ3) is 2.10. The number of carboxylic acids is 1. The van der Waals surface area contributed by atoms with Crippen LogP contribution < -0.4 is 0 Å². The molecule has 5 heteroatoms. The van der Waals surface area contributed by atoms with Crippen molar-refractivity contribution in [1.82, 2.24) is 4.90 Å². The Labute approximate surface area is 102 Å². The predicted octanol–water partition coefficient (Wildman–Crippen LogP) is 2.45. The minimum absolute atomic E-state index is 0.138. The Bertz CT molecular complexity index is 422. The summed E-state index contributed by atoms with van der Waals surface area (Å²) in [6.07, 6.45) is 0. The van der Waals surface area contributed by atoms with Gasteiger partial charge in [0.25, 0.3) is 0 Å². The molecule has 0 aliphatic heterocycles. The molecule has 0 spiro atoms. The second-order valence-corrected chi connectivity index (χ2v) is 4.81. The van der Waals surface area contributed by atoms with Crippen molar-refractivity contribution in [2.75, 3.05) is 14.1 Å². The summed E-state index contributed by atoms with van der Waals surface area (Å²) in [4.78, 5) is 12.8. The van der Waals surface area contributed by atoms with Crippen molar-refractivity contribution in [3.8, 4) is 0 Å². The lowest BCUT2D eigenvalue weighted by atomic mass is 9.90. The van der Waals surface area contributed by atoms with Crippen LogP contribution in [0.2, 0.25) is 0 Å². The van der Waals surface area contributed by atoms with Gasteiger partial charge in [0, 0.05) is 10.0 Å². The van der Waals surface area contributed by atoms with Gasteiger partial charge in [-0.3, -0.25) is 4.90 Å². The van der Waals surface area contributed by atoms with Crippen molar-refractivity contribution in [3.63, 3.8) is 0 Å². The van der Waals surface area contributed by atoms with E-state index in [0.29, 0.717) is 4.47 Å². The van der Waals surface area contributed by atoms with Crippen molar-refractivity contribution >= 4 is 21.9 Å². The Hall–Kier alpha value is -0.940. The van der Waals surface area contributed by atoms with Gasteiger partial charge in [-0.1, -0.05) is 15.9 Å². The van der Waals surface area contributed by atoms with Gasteiger partial charge in [0.2, 0.25) is 0 Å². The number of nitrogens with zero attached hydrogens (tertiary/aromatic N) is 1. The third-order valence-corrected chi connectivity index (χ3v) is 3.26. The van der Waals surface area contributed by atoms with Crippen molar-refractivity contribution in [2.45, 2.75) is 12.5 Å². The zero-order valence-corrected chi connectivity index (χ0v) is 10.9. The molecule has 1 aromatic carbocycles. The molecule has 0 fully saturated rings. The SMILES string of the molecule is CN(C)C(C)(C(=O)O)c1cc(Br)ccc1F. The van der Waals surface area contributed by atoms with E-state index in [1.54, 1.807) is 14.1 Å². The second kappa shape index (κ2) is 4.51. The number of aliphatic carboxylic acids is 1. The van der Waals surface area contributed by atoms with Gasteiger partial charge in [0.1, 0.15) is 11.4 Å². The maximum atomic E-state index is 13.7. The molecule has 1 N–H and O–H groups in total. The van der Waals surface area contributed by atoms with Crippen LogP contribution in [0.1, 0.15) is 12.5 Å². The molecule has 3 nitrogen and oxygen atoms in total. The molecule has 1 unspecified atom stereocenters. The molecule has 0 radical (unpaired) electrons. The number of benzene rings is 1. The van der Waals surface area contributed by atoms with Crippen LogP contribution in [0.25, 0.3) is 0 Å². The van der Waals surface area contributed by atoms with E-state index in [0.717, 1.165) is 0 Å². The molecular weight excluding hydrogens is 277 g/mol. The van der Waals surface area contributed by atoms with Crippen LogP contribution in [-0.2, 0) is 10.3 Å². The molecule has 0 aromatic heterocycles. The van der Waals surface area contributed by atoms with Crippen LogP contribution in [0, 0.1) is 5.82 Å². The Balaban J connectivity index is 3.43. The Morgan fingerprint density at radius 2 is 2.06 bits per heavy atom. The molecule has 0 amide bonds. The summed E-state index contributed by atoms with van der Waals surface area (Å²) in [6.45, 7) is 1.47. The number of rotatable bonds is 3. The van der Waals surface area contributed by atoms with Crippen molar-refractivity contribution in [2.24, 2.45) is 0 Å². The maximum absolute atomic E-state index is 13.7. The Morgan fingerprint density at radius 3 is 2.50 bits per heavy atom. The minimum Gasteiger partial charge on any atom is -0.480 e. The lowest BCUT2D eigenvalue weighted by Crippen LogP contribution is -2.46. The van der Waals surface area contributed by atoms with Gasteiger partial charge in [-0.05, 0) is 39.2 Å². The van der Waals surface area contributed by atoms with Gasteiger partial charge in [-0.2, -0.15) is 0 Å². The van der Waals surface area contributed by atoms with Gasteiger partial charge < -0.3 is 5.11 Å². The molecule has 1 aromatic rings. The molecule has 1 atom stereocenters. The molecule has 88 valence electrons. The van der Waals surface area contributed by atoms with Crippen molar-refractivity contribution in [1.29, 1.82) is 0 Å². The highest BCUT2D eigenvalue weighted by Crippen LogP contribution is 2.30. The number of hydrogen-bond acceptors (Lipinski definition) is 2. The lowest BCUT2D eigenvalue weighted by Gasteiger charge is -2.32. The summed E-state index contributed by atoms with van der Waals surface area (Å²) < 4.78 is 14.3.